The van der Waals surface area contributed by atoms with Crippen LogP contribution in [0.1, 0.15) is 49.7 Å². The third kappa shape index (κ3) is 3.10. The summed E-state index contributed by atoms with van der Waals surface area (Å²) >= 11 is 0. The smallest absolute Gasteiger partial charge is 0.00148 e. The van der Waals surface area contributed by atoms with E-state index in [1.807, 2.05) is 0 Å². The average molecular weight is 231 g/mol. The molecule has 1 aromatic carbocycles. The minimum Gasteiger partial charge on any atom is -0.317 e. The Kier molecular flexibility index (Phi) is 4.61. The second kappa shape index (κ2) is 6.20. The summed E-state index contributed by atoms with van der Waals surface area (Å²) in [4.78, 5) is 0. The van der Waals surface area contributed by atoms with Crippen LogP contribution < -0.4 is 5.32 Å². The second-order valence-corrected chi connectivity index (χ2v) is 5.32. The highest BCUT2D eigenvalue weighted by molar-refractivity contribution is 5.30. The number of hydrogen-bond acceptors (Lipinski definition) is 1. The molecule has 0 spiro atoms. The van der Waals surface area contributed by atoms with E-state index in [4.69, 9.17) is 0 Å². The van der Waals surface area contributed by atoms with Gasteiger partial charge in [0.25, 0.3) is 0 Å². The van der Waals surface area contributed by atoms with Crippen LogP contribution in [0.3, 0.4) is 0 Å². The van der Waals surface area contributed by atoms with E-state index >= 15 is 0 Å². The van der Waals surface area contributed by atoms with Crippen molar-refractivity contribution in [2.75, 3.05) is 13.1 Å². The Balaban J connectivity index is 2.13. The number of nitrogens with one attached hydrogen (secondary N) is 1. The zero-order valence-electron chi connectivity index (χ0n) is 11.2. The molecule has 2 unspecified atom stereocenters. The van der Waals surface area contributed by atoms with Gasteiger partial charge in [0.15, 0.2) is 0 Å². The zero-order chi connectivity index (χ0) is 12.1. The molecule has 1 nitrogen and oxygen atoms in total. The summed E-state index contributed by atoms with van der Waals surface area (Å²) in [5, 5.41) is 3.54. The van der Waals surface area contributed by atoms with Crippen LogP contribution in [-0.4, -0.2) is 13.1 Å². The summed E-state index contributed by atoms with van der Waals surface area (Å²) in [6.45, 7) is 6.74. The van der Waals surface area contributed by atoms with Crippen LogP contribution in [0.2, 0.25) is 0 Å². The molecular formula is C16H25N. The molecule has 94 valence electrons. The van der Waals surface area contributed by atoms with Crippen LogP contribution >= 0.6 is 0 Å². The van der Waals surface area contributed by atoms with Gasteiger partial charge in [-0.2, -0.15) is 0 Å². The lowest BCUT2D eigenvalue weighted by Crippen LogP contribution is -2.29. The van der Waals surface area contributed by atoms with Gasteiger partial charge in [-0.25, -0.2) is 0 Å². The second-order valence-electron chi connectivity index (χ2n) is 5.32. The Morgan fingerprint density at radius 2 is 1.94 bits per heavy atom. The van der Waals surface area contributed by atoms with Crippen LogP contribution in [0.15, 0.2) is 24.3 Å². The molecule has 1 fully saturated rings. The van der Waals surface area contributed by atoms with E-state index in [0.717, 1.165) is 18.4 Å². The largest absolute Gasteiger partial charge is 0.317 e. The van der Waals surface area contributed by atoms with E-state index in [-0.39, 0.29) is 0 Å². The van der Waals surface area contributed by atoms with Crippen LogP contribution in [0.5, 0.6) is 0 Å². The van der Waals surface area contributed by atoms with Gasteiger partial charge in [-0.3, -0.25) is 0 Å². The number of benzene rings is 1. The molecule has 2 atom stereocenters. The normalized spacial score (nSPS) is 24.8. The number of rotatable bonds is 4. The average Bonchev–Trinajstić information content (AvgIpc) is 2.37. The maximum Gasteiger partial charge on any atom is -0.00148 e. The van der Waals surface area contributed by atoms with Gasteiger partial charge in [0.1, 0.15) is 0 Å². The van der Waals surface area contributed by atoms with E-state index in [1.165, 1.54) is 37.8 Å². The Bertz CT molecular complexity index is 345. The predicted molar refractivity (Wildman–Crippen MR) is 74.4 cm³/mol. The first-order chi connectivity index (χ1) is 8.33. The minimum absolute atomic E-state index is 0.781. The van der Waals surface area contributed by atoms with Crippen LogP contribution in [-0.2, 0) is 0 Å². The highest BCUT2D eigenvalue weighted by Crippen LogP contribution is 2.38. The summed E-state index contributed by atoms with van der Waals surface area (Å²) < 4.78 is 0. The Morgan fingerprint density at radius 3 is 2.71 bits per heavy atom. The van der Waals surface area contributed by atoms with Crippen molar-refractivity contribution in [3.05, 3.63) is 35.4 Å². The third-order valence-electron chi connectivity index (χ3n) is 4.15. The van der Waals surface area contributed by atoms with Gasteiger partial charge in [-0.1, -0.05) is 44.0 Å². The lowest BCUT2D eigenvalue weighted by Gasteiger charge is -2.33. The third-order valence-corrected chi connectivity index (χ3v) is 4.15. The standard InChI is InChI=1S/C16H25N/c1-3-17-12-14-9-5-7-11-16(14)15-10-6-4-8-13(15)2/h4,6,8,10,14,16-17H,3,5,7,9,11-12H2,1-2H3. The van der Waals surface area contributed by atoms with Crippen molar-refractivity contribution in [1.82, 2.24) is 5.32 Å². The molecule has 0 heterocycles. The molecule has 0 radical (unpaired) electrons. The highest BCUT2D eigenvalue weighted by atomic mass is 14.8. The Labute approximate surface area is 106 Å². The van der Waals surface area contributed by atoms with Gasteiger partial charge in [-0.15, -0.1) is 0 Å². The fraction of sp³-hybridized carbons (Fsp3) is 0.625. The fourth-order valence-corrected chi connectivity index (χ4v) is 3.19. The van der Waals surface area contributed by atoms with Gasteiger partial charge in [0.05, 0.1) is 0 Å². The molecule has 0 bridgehead atoms. The lowest BCUT2D eigenvalue weighted by molar-refractivity contribution is 0.296. The van der Waals surface area contributed by atoms with Crippen LogP contribution in [0, 0.1) is 12.8 Å². The molecule has 0 amide bonds. The molecule has 1 aromatic rings. The maximum absolute atomic E-state index is 3.54. The Hall–Kier alpha value is -0.820. The zero-order valence-corrected chi connectivity index (χ0v) is 11.2. The van der Waals surface area contributed by atoms with Crippen molar-refractivity contribution in [2.45, 2.75) is 45.4 Å². The predicted octanol–water partition coefficient (Wildman–Crippen LogP) is 3.88. The van der Waals surface area contributed by atoms with Gasteiger partial charge >= 0.3 is 0 Å². The van der Waals surface area contributed by atoms with Gasteiger partial charge < -0.3 is 5.32 Å². The molecule has 0 aromatic heterocycles. The maximum atomic E-state index is 3.54. The first-order valence-electron chi connectivity index (χ1n) is 7.09. The summed E-state index contributed by atoms with van der Waals surface area (Å²) in [7, 11) is 0. The molecule has 1 saturated carbocycles. The fourth-order valence-electron chi connectivity index (χ4n) is 3.19. The molecule has 0 aliphatic heterocycles. The van der Waals surface area contributed by atoms with Crippen molar-refractivity contribution >= 4 is 0 Å². The lowest BCUT2D eigenvalue weighted by atomic mass is 9.74. The molecule has 1 heteroatoms. The minimum atomic E-state index is 0.781. The van der Waals surface area contributed by atoms with E-state index in [1.54, 1.807) is 5.56 Å². The molecule has 1 aliphatic carbocycles. The van der Waals surface area contributed by atoms with E-state index in [0.29, 0.717) is 0 Å². The monoisotopic (exact) mass is 231 g/mol. The summed E-state index contributed by atoms with van der Waals surface area (Å²) in [6, 6.07) is 8.95. The first kappa shape index (κ1) is 12.6. The van der Waals surface area contributed by atoms with Crippen molar-refractivity contribution in [3.8, 4) is 0 Å². The van der Waals surface area contributed by atoms with Gasteiger partial charge in [0.2, 0.25) is 0 Å². The number of hydrogen-bond donors (Lipinski definition) is 1. The van der Waals surface area contributed by atoms with Gasteiger partial charge in [-0.05, 0) is 55.8 Å². The Morgan fingerprint density at radius 1 is 1.18 bits per heavy atom. The van der Waals surface area contributed by atoms with Crippen LogP contribution in [0.25, 0.3) is 0 Å². The molecule has 1 N–H and O–H groups in total. The topological polar surface area (TPSA) is 12.0 Å². The molecule has 0 saturated heterocycles. The van der Waals surface area contributed by atoms with E-state index in [9.17, 15) is 0 Å². The molecule has 1 aliphatic rings. The quantitative estimate of drug-likeness (QED) is 0.829. The summed E-state index contributed by atoms with van der Waals surface area (Å²) in [6.07, 6.45) is 5.59. The summed E-state index contributed by atoms with van der Waals surface area (Å²) in [5.41, 5.74) is 3.07. The van der Waals surface area contributed by atoms with Crippen molar-refractivity contribution < 1.29 is 0 Å². The van der Waals surface area contributed by atoms with Crippen molar-refractivity contribution in [3.63, 3.8) is 0 Å². The first-order valence-corrected chi connectivity index (χ1v) is 7.09. The molecule has 2 rings (SSSR count). The van der Waals surface area contributed by atoms with Crippen LogP contribution in [0.4, 0.5) is 0 Å². The SMILES string of the molecule is CCNCC1CCCCC1c1ccccc1C. The summed E-state index contributed by atoms with van der Waals surface area (Å²) in [5.74, 6) is 1.62. The number of aryl methyl sites for hydroxylation is 1. The highest BCUT2D eigenvalue weighted by Gasteiger charge is 2.26. The van der Waals surface area contributed by atoms with Gasteiger partial charge in [0, 0.05) is 0 Å². The van der Waals surface area contributed by atoms with E-state index in [2.05, 4.69) is 43.4 Å². The van der Waals surface area contributed by atoms with E-state index < -0.39 is 0 Å². The van der Waals surface area contributed by atoms with Crippen molar-refractivity contribution in [1.29, 1.82) is 0 Å². The van der Waals surface area contributed by atoms with Crippen molar-refractivity contribution in [2.24, 2.45) is 5.92 Å². The molecule has 17 heavy (non-hydrogen) atoms. The molecular weight excluding hydrogens is 206 g/mol.